The fourth-order valence-corrected chi connectivity index (χ4v) is 7.24. The van der Waals surface area contributed by atoms with E-state index in [0.717, 1.165) is 37.1 Å². The second-order valence-electron chi connectivity index (χ2n) is 10.2. The molecule has 2 aromatic rings. The third-order valence-electron chi connectivity index (χ3n) is 7.21. The number of nitrogens with two attached hydrogens (primary N) is 1. The van der Waals surface area contributed by atoms with Gasteiger partial charge >= 0.3 is 19.4 Å². The Morgan fingerprint density at radius 1 is 1.27 bits per heavy atom. The number of hydrogen-bond donors (Lipinski definition) is 3. The number of aliphatic hydroxyl groups excluding tert-OH is 1. The highest BCUT2D eigenvalue weighted by atomic mass is 31.2. The molecule has 0 bridgehead atoms. The average Bonchev–Trinajstić information content (AvgIpc) is 3.09. The van der Waals surface area contributed by atoms with Crippen LogP contribution in [0.5, 0.6) is 5.75 Å². The number of nitrogen functional groups attached to an aromatic ring is 1. The summed E-state index contributed by atoms with van der Waals surface area (Å²) in [7, 11) is -4.70. The number of anilines is 1. The lowest BCUT2D eigenvalue weighted by molar-refractivity contribution is -0.204. The van der Waals surface area contributed by atoms with Gasteiger partial charge in [0.1, 0.15) is 24.2 Å². The summed E-state index contributed by atoms with van der Waals surface area (Å²) >= 11 is 0. The van der Waals surface area contributed by atoms with E-state index in [1.807, 2.05) is 0 Å². The molecule has 1 saturated carbocycles. The minimum atomic E-state index is -4.70. The predicted molar refractivity (Wildman–Crippen MR) is 139 cm³/mol. The lowest BCUT2D eigenvalue weighted by Crippen LogP contribution is -2.49. The van der Waals surface area contributed by atoms with Crippen LogP contribution in [0.4, 0.5) is 14.6 Å². The molecule has 0 unspecified atom stereocenters. The van der Waals surface area contributed by atoms with Crippen LogP contribution in [-0.2, 0) is 18.6 Å². The number of aliphatic carboxylic acids is 1. The summed E-state index contributed by atoms with van der Waals surface area (Å²) in [5, 5.41) is 20.5. The molecule has 12 nitrogen and oxygen atoms in total. The second-order valence-corrected chi connectivity index (χ2v) is 12.0. The highest BCUT2D eigenvalue weighted by Gasteiger charge is 2.65. The number of hydrogen-bond acceptors (Lipinski definition) is 9. The van der Waals surface area contributed by atoms with Gasteiger partial charge in [0.15, 0.2) is 18.0 Å². The highest BCUT2D eigenvalue weighted by Crippen LogP contribution is 2.58. The molecule has 6 atom stereocenters. The molecule has 1 saturated heterocycles. The van der Waals surface area contributed by atoms with Crippen molar-refractivity contribution in [3.05, 3.63) is 53.1 Å². The van der Waals surface area contributed by atoms with E-state index >= 15 is 8.78 Å². The van der Waals surface area contributed by atoms with Gasteiger partial charge in [-0.05, 0) is 44.9 Å². The Labute approximate surface area is 229 Å². The van der Waals surface area contributed by atoms with E-state index in [9.17, 15) is 24.4 Å². The van der Waals surface area contributed by atoms with Crippen molar-refractivity contribution in [1.29, 1.82) is 0 Å². The van der Waals surface area contributed by atoms with Gasteiger partial charge in [-0.15, -0.1) is 0 Å². The molecule has 0 amide bonds. The van der Waals surface area contributed by atoms with Crippen LogP contribution in [0, 0.1) is 0 Å². The normalized spacial score (nSPS) is 29.6. The Balaban J connectivity index is 1.69. The Morgan fingerprint density at radius 3 is 2.52 bits per heavy atom. The Kier molecular flexibility index (Phi) is 8.67. The maximum atomic E-state index is 16.2. The first-order valence-corrected chi connectivity index (χ1v) is 14.4. The summed E-state index contributed by atoms with van der Waals surface area (Å²) in [4.78, 5) is 27.9. The summed E-state index contributed by atoms with van der Waals surface area (Å²) in [6.07, 6.45) is -0.116. The molecule has 1 aromatic heterocycles. The second kappa shape index (κ2) is 11.5. The molecule has 4 N–H and O–H groups in total. The number of ether oxygens (including phenoxy) is 1. The molecular formula is C25H33F2N4O8P. The van der Waals surface area contributed by atoms with E-state index in [2.05, 4.69) is 4.98 Å². The van der Waals surface area contributed by atoms with Crippen LogP contribution in [0.1, 0.15) is 52.2 Å². The maximum Gasteiger partial charge on any atom is 0.462 e. The van der Waals surface area contributed by atoms with Gasteiger partial charge in [-0.25, -0.2) is 18.1 Å². The molecule has 220 valence electrons. The SMILES string of the molecule is C[C@@H](C(=O)O)N(C1CCCCC1)[P@](=O)(OC[C@@]1(F)O[C@@H](n2ccc(N)nc2=O)[C@](C)(F)[C@@H]1O)Oc1ccccc1. The van der Waals surface area contributed by atoms with E-state index in [4.69, 9.17) is 19.5 Å². The minimum Gasteiger partial charge on any atom is -0.480 e. The van der Waals surface area contributed by atoms with Gasteiger partial charge in [0.05, 0.1) is 0 Å². The zero-order valence-electron chi connectivity index (χ0n) is 22.1. The number of carboxylic acid groups (broad SMARTS) is 1. The van der Waals surface area contributed by atoms with Crippen molar-refractivity contribution >= 4 is 19.5 Å². The van der Waals surface area contributed by atoms with Crippen molar-refractivity contribution in [1.82, 2.24) is 14.2 Å². The van der Waals surface area contributed by atoms with Gasteiger partial charge in [-0.2, -0.15) is 9.65 Å². The lowest BCUT2D eigenvalue weighted by atomic mass is 9.95. The van der Waals surface area contributed by atoms with E-state index < -0.39 is 62.0 Å². The summed E-state index contributed by atoms with van der Waals surface area (Å²) in [5.41, 5.74) is 1.55. The molecule has 0 radical (unpaired) electrons. The smallest absolute Gasteiger partial charge is 0.462 e. The van der Waals surface area contributed by atoms with E-state index in [1.165, 1.54) is 25.1 Å². The molecule has 4 rings (SSSR count). The van der Waals surface area contributed by atoms with Gasteiger partial charge in [0.2, 0.25) is 0 Å². The zero-order valence-corrected chi connectivity index (χ0v) is 23.0. The topological polar surface area (TPSA) is 166 Å². The molecule has 2 heterocycles. The number of nitrogens with zero attached hydrogens (tertiary/aromatic N) is 3. The Hall–Kier alpha value is -2.90. The minimum absolute atomic E-state index is 0.0535. The highest BCUT2D eigenvalue weighted by molar-refractivity contribution is 7.51. The summed E-state index contributed by atoms with van der Waals surface area (Å²) in [6, 6.07) is 7.02. The average molecular weight is 587 g/mol. The number of halogens is 2. The molecule has 40 heavy (non-hydrogen) atoms. The first-order valence-electron chi connectivity index (χ1n) is 12.9. The van der Waals surface area contributed by atoms with Crippen LogP contribution < -0.4 is 15.9 Å². The largest absolute Gasteiger partial charge is 0.480 e. The van der Waals surface area contributed by atoms with Crippen molar-refractivity contribution in [3.63, 3.8) is 0 Å². The molecule has 0 spiro atoms. The maximum absolute atomic E-state index is 16.2. The van der Waals surface area contributed by atoms with E-state index in [0.29, 0.717) is 17.4 Å². The third kappa shape index (κ3) is 5.91. The van der Waals surface area contributed by atoms with Crippen molar-refractivity contribution in [2.45, 2.75) is 81.9 Å². The number of para-hydroxylation sites is 1. The lowest BCUT2D eigenvalue weighted by Gasteiger charge is -2.40. The number of carbonyl (C=O) groups is 1. The van der Waals surface area contributed by atoms with Gasteiger partial charge in [0, 0.05) is 12.2 Å². The zero-order chi connectivity index (χ0) is 29.3. The number of alkyl halides is 2. The fourth-order valence-electron chi connectivity index (χ4n) is 5.08. The van der Waals surface area contributed by atoms with E-state index in [1.54, 1.807) is 18.2 Å². The van der Waals surface area contributed by atoms with Crippen molar-refractivity contribution in [2.75, 3.05) is 12.3 Å². The summed E-state index contributed by atoms with van der Waals surface area (Å²) in [6.45, 7) is 0.816. The number of benzene rings is 1. The summed E-state index contributed by atoms with van der Waals surface area (Å²) < 4.78 is 64.6. The summed E-state index contributed by atoms with van der Waals surface area (Å²) in [5.74, 6) is -4.75. The van der Waals surface area contributed by atoms with Crippen LogP contribution >= 0.6 is 7.75 Å². The predicted octanol–water partition coefficient (Wildman–Crippen LogP) is 3.42. The van der Waals surface area contributed by atoms with Crippen LogP contribution in [0.15, 0.2) is 47.4 Å². The third-order valence-corrected chi connectivity index (χ3v) is 9.35. The molecule has 1 aromatic carbocycles. The number of aromatic nitrogens is 2. The number of rotatable bonds is 10. The van der Waals surface area contributed by atoms with Crippen molar-refractivity contribution in [3.8, 4) is 5.75 Å². The molecular weight excluding hydrogens is 553 g/mol. The number of carboxylic acids is 1. The standard InChI is InChI=1S/C25H33F2N4O8P/c1-16(20(32)33)31(17-9-5-3-6-10-17)40(36,39-18-11-7-4-8-12-18)37-15-25(27)21(34)24(2,26)22(38-25)30-14-13-19(28)29-23(30)35/h4,7-8,11-14,16-17,21-22,34H,3,5-6,9-10,15H2,1-2H3,(H,32,33)(H2,28,29,35)/t16-,21-,22+,24+,25+,40-/m0/s1. The van der Waals surface area contributed by atoms with Gasteiger partial charge < -0.3 is 25.2 Å². The Bertz CT molecular complexity index is 1310. The quantitative estimate of drug-likeness (QED) is 0.349. The Morgan fingerprint density at radius 2 is 1.93 bits per heavy atom. The fraction of sp³-hybridized carbons (Fsp3) is 0.560. The monoisotopic (exact) mass is 586 g/mol. The molecule has 2 aliphatic rings. The van der Waals surface area contributed by atoms with Crippen molar-refractivity contribution in [2.24, 2.45) is 0 Å². The van der Waals surface area contributed by atoms with E-state index in [-0.39, 0.29) is 11.6 Å². The molecule has 2 fully saturated rings. The van der Waals surface area contributed by atoms with Crippen LogP contribution in [0.2, 0.25) is 0 Å². The van der Waals surface area contributed by atoms with Gasteiger partial charge in [0.25, 0.3) is 5.85 Å². The molecule has 1 aliphatic carbocycles. The van der Waals surface area contributed by atoms with Crippen LogP contribution in [-0.4, -0.2) is 66.7 Å². The van der Waals surface area contributed by atoms with Crippen LogP contribution in [0.25, 0.3) is 0 Å². The van der Waals surface area contributed by atoms with Gasteiger partial charge in [-0.1, -0.05) is 37.5 Å². The molecule has 15 heteroatoms. The number of aliphatic hydroxyl groups is 1. The molecule has 1 aliphatic heterocycles. The van der Waals surface area contributed by atoms with Crippen molar-refractivity contribution < 1.29 is 42.1 Å². The first kappa shape index (κ1) is 30.1. The van der Waals surface area contributed by atoms with Gasteiger partial charge in [-0.3, -0.25) is 13.9 Å². The van der Waals surface area contributed by atoms with Crippen LogP contribution in [0.3, 0.4) is 0 Å². The first-order chi connectivity index (χ1) is 18.8.